The molecule has 0 aliphatic heterocycles. The molecule has 0 unspecified atom stereocenters. The zero-order valence-electron chi connectivity index (χ0n) is 13.2. The Labute approximate surface area is 130 Å². The van der Waals surface area contributed by atoms with Gasteiger partial charge in [0, 0.05) is 24.8 Å². The van der Waals surface area contributed by atoms with Gasteiger partial charge in [-0.05, 0) is 26.6 Å². The molecule has 0 aliphatic rings. The van der Waals surface area contributed by atoms with E-state index in [-0.39, 0.29) is 12.4 Å². The number of pyridine rings is 1. The van der Waals surface area contributed by atoms with Crippen LogP contribution in [-0.2, 0) is 19.7 Å². The summed E-state index contributed by atoms with van der Waals surface area (Å²) in [6, 6.07) is 9.34. The van der Waals surface area contributed by atoms with E-state index in [2.05, 4.69) is 0 Å². The van der Waals surface area contributed by atoms with E-state index in [0.29, 0.717) is 24.5 Å². The zero-order valence-corrected chi connectivity index (χ0v) is 13.2. The lowest BCUT2D eigenvalue weighted by Gasteiger charge is -2.21. The maximum absolute atomic E-state index is 11.9. The van der Waals surface area contributed by atoms with E-state index in [1.807, 2.05) is 50.2 Å². The summed E-state index contributed by atoms with van der Waals surface area (Å²) in [5, 5.41) is 19.7. The van der Waals surface area contributed by atoms with Gasteiger partial charge in [-0.3, -0.25) is 4.79 Å². The summed E-state index contributed by atoms with van der Waals surface area (Å²) in [4.78, 5) is 13.7. The van der Waals surface area contributed by atoms with Gasteiger partial charge in [0.2, 0.25) is 5.43 Å². The largest absolute Gasteiger partial charge is 0.503 e. The first kappa shape index (κ1) is 16.3. The lowest BCUT2D eigenvalue weighted by molar-refractivity contribution is 0.266. The van der Waals surface area contributed by atoms with Gasteiger partial charge in [-0.25, -0.2) is 0 Å². The molecule has 5 heteroatoms. The number of aromatic nitrogens is 1. The highest BCUT2D eigenvalue weighted by molar-refractivity contribution is 5.32. The summed E-state index contributed by atoms with van der Waals surface area (Å²) in [7, 11) is 3.73. The number of hydrogen-bond acceptors (Lipinski definition) is 4. The summed E-state index contributed by atoms with van der Waals surface area (Å²) in [6.45, 7) is 2.68. The van der Waals surface area contributed by atoms with Crippen molar-refractivity contribution >= 4 is 0 Å². The zero-order chi connectivity index (χ0) is 16.3. The molecule has 0 fully saturated rings. The molecular formula is C17H22N2O3. The van der Waals surface area contributed by atoms with Gasteiger partial charge in [0.05, 0.1) is 12.3 Å². The van der Waals surface area contributed by atoms with Crippen molar-refractivity contribution in [1.29, 1.82) is 0 Å². The van der Waals surface area contributed by atoms with Crippen molar-refractivity contribution in [2.45, 2.75) is 26.6 Å². The summed E-state index contributed by atoms with van der Waals surface area (Å²) in [5.74, 6) is -0.252. The molecule has 22 heavy (non-hydrogen) atoms. The highest BCUT2D eigenvalue weighted by Gasteiger charge is 2.15. The van der Waals surface area contributed by atoms with E-state index >= 15 is 0 Å². The van der Waals surface area contributed by atoms with Gasteiger partial charge >= 0.3 is 0 Å². The Kier molecular flexibility index (Phi) is 5.00. The standard InChI is InChI=1S/C17H22N2O3/c1-12-4-6-13(7-5-12)9-19-14(11-20)8-16(21)17(22)15(19)10-18(2)3/h4-8,20,22H,9-11H2,1-3H3. The normalized spacial score (nSPS) is 11.1. The molecule has 0 aliphatic carbocycles. The van der Waals surface area contributed by atoms with Crippen molar-refractivity contribution in [2.24, 2.45) is 0 Å². The monoisotopic (exact) mass is 302 g/mol. The number of benzene rings is 1. The first-order valence-electron chi connectivity index (χ1n) is 7.18. The number of nitrogens with zero attached hydrogens (tertiary/aromatic N) is 2. The van der Waals surface area contributed by atoms with Gasteiger partial charge in [0.25, 0.3) is 0 Å². The van der Waals surface area contributed by atoms with Crippen molar-refractivity contribution in [3.63, 3.8) is 0 Å². The fourth-order valence-corrected chi connectivity index (χ4v) is 2.40. The molecular weight excluding hydrogens is 280 g/mol. The molecule has 0 atom stereocenters. The van der Waals surface area contributed by atoms with E-state index < -0.39 is 5.43 Å². The van der Waals surface area contributed by atoms with Gasteiger partial charge in [0.1, 0.15) is 0 Å². The Hall–Kier alpha value is -2.11. The number of aliphatic hydroxyl groups is 1. The minimum Gasteiger partial charge on any atom is -0.503 e. The second-order valence-electron chi connectivity index (χ2n) is 5.76. The van der Waals surface area contributed by atoms with E-state index in [1.165, 1.54) is 11.6 Å². The maximum atomic E-state index is 11.9. The maximum Gasteiger partial charge on any atom is 0.223 e. The molecule has 118 valence electrons. The second kappa shape index (κ2) is 6.77. The van der Waals surface area contributed by atoms with E-state index in [1.54, 1.807) is 4.57 Å². The Morgan fingerprint density at radius 1 is 1.18 bits per heavy atom. The molecule has 5 nitrogen and oxygen atoms in total. The third kappa shape index (κ3) is 3.55. The predicted molar refractivity (Wildman–Crippen MR) is 86.0 cm³/mol. The van der Waals surface area contributed by atoms with E-state index in [0.717, 1.165) is 5.56 Å². The van der Waals surface area contributed by atoms with Crippen molar-refractivity contribution in [2.75, 3.05) is 14.1 Å². The predicted octanol–water partition coefficient (Wildman–Crippen LogP) is 1.46. The topological polar surface area (TPSA) is 65.7 Å². The quantitative estimate of drug-likeness (QED) is 0.878. The first-order valence-corrected chi connectivity index (χ1v) is 7.18. The molecule has 0 amide bonds. The van der Waals surface area contributed by atoms with Crippen molar-refractivity contribution < 1.29 is 10.2 Å². The molecule has 0 spiro atoms. The third-order valence-corrected chi connectivity index (χ3v) is 3.57. The van der Waals surface area contributed by atoms with Gasteiger partial charge in [-0.15, -0.1) is 0 Å². The Morgan fingerprint density at radius 2 is 1.82 bits per heavy atom. The van der Waals surface area contributed by atoms with Crippen LogP contribution < -0.4 is 5.43 Å². The number of aliphatic hydroxyl groups excluding tert-OH is 1. The van der Waals surface area contributed by atoms with Crippen LogP contribution in [0.4, 0.5) is 0 Å². The van der Waals surface area contributed by atoms with Crippen LogP contribution in [-0.4, -0.2) is 33.8 Å². The van der Waals surface area contributed by atoms with Crippen LogP contribution in [0.5, 0.6) is 5.75 Å². The summed E-state index contributed by atoms with van der Waals surface area (Å²) in [6.07, 6.45) is 0. The number of rotatable bonds is 5. The highest BCUT2D eigenvalue weighted by atomic mass is 16.3. The summed E-state index contributed by atoms with van der Waals surface area (Å²) < 4.78 is 1.81. The summed E-state index contributed by atoms with van der Waals surface area (Å²) in [5.41, 5.74) is 2.77. The van der Waals surface area contributed by atoms with Gasteiger partial charge in [-0.1, -0.05) is 29.8 Å². The van der Waals surface area contributed by atoms with Crippen LogP contribution in [0.15, 0.2) is 35.1 Å². The lowest BCUT2D eigenvalue weighted by atomic mass is 10.1. The molecule has 1 aromatic carbocycles. The fourth-order valence-electron chi connectivity index (χ4n) is 2.40. The van der Waals surface area contributed by atoms with Gasteiger partial charge in [0.15, 0.2) is 5.75 Å². The summed E-state index contributed by atoms with van der Waals surface area (Å²) >= 11 is 0. The number of aryl methyl sites for hydroxylation is 1. The van der Waals surface area contributed by atoms with Crippen LogP contribution in [0.25, 0.3) is 0 Å². The van der Waals surface area contributed by atoms with Gasteiger partial charge < -0.3 is 19.7 Å². The molecule has 1 aromatic heterocycles. The van der Waals surface area contributed by atoms with E-state index in [9.17, 15) is 15.0 Å². The van der Waals surface area contributed by atoms with Crippen molar-refractivity contribution in [1.82, 2.24) is 9.47 Å². The highest BCUT2D eigenvalue weighted by Crippen LogP contribution is 2.18. The molecule has 2 rings (SSSR count). The smallest absolute Gasteiger partial charge is 0.223 e. The average Bonchev–Trinajstić information content (AvgIpc) is 2.48. The first-order chi connectivity index (χ1) is 10.4. The SMILES string of the molecule is Cc1ccc(Cn2c(CO)cc(=O)c(O)c2CN(C)C)cc1. The van der Waals surface area contributed by atoms with Crippen molar-refractivity contribution in [3.05, 3.63) is 63.1 Å². The number of hydrogen-bond donors (Lipinski definition) is 2. The minimum atomic E-state index is -0.457. The van der Waals surface area contributed by atoms with E-state index in [4.69, 9.17) is 0 Å². The second-order valence-corrected chi connectivity index (χ2v) is 5.76. The van der Waals surface area contributed by atoms with Crippen LogP contribution in [0, 0.1) is 6.92 Å². The molecule has 2 aromatic rings. The van der Waals surface area contributed by atoms with Gasteiger partial charge in [-0.2, -0.15) is 0 Å². The molecule has 2 N–H and O–H groups in total. The third-order valence-electron chi connectivity index (χ3n) is 3.57. The molecule has 0 radical (unpaired) electrons. The molecule has 0 saturated carbocycles. The molecule has 0 bridgehead atoms. The number of aromatic hydroxyl groups is 1. The minimum absolute atomic E-state index is 0.248. The van der Waals surface area contributed by atoms with Crippen LogP contribution in [0.1, 0.15) is 22.5 Å². The Morgan fingerprint density at radius 3 is 2.36 bits per heavy atom. The molecule has 0 saturated heterocycles. The van der Waals surface area contributed by atoms with Crippen LogP contribution >= 0.6 is 0 Å². The Balaban J connectivity index is 2.53. The fraction of sp³-hybridized carbons (Fsp3) is 0.353. The Bertz CT molecular complexity index is 703. The molecule has 1 heterocycles. The van der Waals surface area contributed by atoms with Crippen LogP contribution in [0.2, 0.25) is 0 Å². The van der Waals surface area contributed by atoms with Crippen molar-refractivity contribution in [3.8, 4) is 5.75 Å². The van der Waals surface area contributed by atoms with Crippen LogP contribution in [0.3, 0.4) is 0 Å². The average molecular weight is 302 g/mol. The lowest BCUT2D eigenvalue weighted by Crippen LogP contribution is -2.23.